The number of azo groups is 1. The zero-order chi connectivity index (χ0) is 21.3. The zero-order valence-electron chi connectivity index (χ0n) is 16.3. The Kier molecular flexibility index (Phi) is 5.24. The lowest BCUT2D eigenvalue weighted by Crippen LogP contribution is -2.00. The van der Waals surface area contributed by atoms with Gasteiger partial charge in [-0.1, -0.05) is 26.0 Å². The molecule has 7 nitrogen and oxygen atoms in total. The van der Waals surface area contributed by atoms with Crippen LogP contribution in [0.5, 0.6) is 0 Å². The number of thiazole rings is 1. The van der Waals surface area contributed by atoms with Crippen molar-refractivity contribution in [1.82, 2.24) is 9.97 Å². The highest BCUT2D eigenvalue weighted by Gasteiger charge is 2.20. The maximum absolute atomic E-state index is 13.1. The molecule has 2 aromatic carbocycles. The number of nitrogens with one attached hydrogen (secondary N) is 1. The first-order valence-electron chi connectivity index (χ1n) is 9.29. The van der Waals surface area contributed by atoms with Crippen LogP contribution in [-0.2, 0) is 0 Å². The van der Waals surface area contributed by atoms with Crippen molar-refractivity contribution in [1.29, 1.82) is 0 Å². The van der Waals surface area contributed by atoms with Gasteiger partial charge >= 0.3 is 5.97 Å². The minimum atomic E-state index is -1.03. The molecule has 8 heteroatoms. The van der Waals surface area contributed by atoms with Gasteiger partial charge in [0.25, 0.3) is 0 Å². The summed E-state index contributed by atoms with van der Waals surface area (Å²) < 4.78 is 0. The molecule has 0 unspecified atom stereocenters. The van der Waals surface area contributed by atoms with Gasteiger partial charge in [0.05, 0.1) is 28.2 Å². The quantitative estimate of drug-likeness (QED) is 0.292. The summed E-state index contributed by atoms with van der Waals surface area (Å²) in [6.45, 7) is 4.07. The van der Waals surface area contributed by atoms with E-state index in [1.807, 2.05) is 31.4 Å². The molecular weight excluding hydrogens is 400 g/mol. The molecule has 150 valence electrons. The summed E-state index contributed by atoms with van der Waals surface area (Å²) in [7, 11) is 0. The molecule has 0 spiro atoms. The maximum atomic E-state index is 13.1. The first-order valence-corrected chi connectivity index (χ1v) is 10.2. The van der Waals surface area contributed by atoms with Gasteiger partial charge in [-0.25, -0.2) is 9.78 Å². The Hall–Kier alpha value is -3.65. The number of carboxylic acid groups (broad SMARTS) is 1. The Labute approximate surface area is 176 Å². The van der Waals surface area contributed by atoms with Gasteiger partial charge in [-0.15, -0.1) is 16.5 Å². The van der Waals surface area contributed by atoms with E-state index < -0.39 is 5.97 Å². The van der Waals surface area contributed by atoms with E-state index in [0.717, 1.165) is 11.2 Å². The van der Waals surface area contributed by atoms with Gasteiger partial charge in [-0.3, -0.25) is 4.79 Å². The number of aromatic carboxylic acids is 1. The smallest absolute Gasteiger partial charge is 0.335 e. The fraction of sp³-hybridized carbons (Fsp3) is 0.136. The fourth-order valence-corrected chi connectivity index (χ4v) is 3.94. The molecule has 30 heavy (non-hydrogen) atoms. The average Bonchev–Trinajstić information content (AvgIpc) is 3.40. The monoisotopic (exact) mass is 418 g/mol. The molecule has 0 aliphatic carbocycles. The second-order valence-electron chi connectivity index (χ2n) is 7.02. The molecule has 2 N–H and O–H groups in total. The Balaban J connectivity index is 1.73. The largest absolute Gasteiger partial charge is 0.478 e. The predicted octanol–water partition coefficient (Wildman–Crippen LogP) is 6.09. The Bertz CT molecular complexity index is 1290. The van der Waals surface area contributed by atoms with Gasteiger partial charge in [-0.05, 0) is 36.2 Å². The Morgan fingerprint density at radius 3 is 2.67 bits per heavy atom. The van der Waals surface area contributed by atoms with Crippen molar-refractivity contribution >= 4 is 45.4 Å². The number of H-pyrrole nitrogens is 1. The van der Waals surface area contributed by atoms with E-state index in [0.29, 0.717) is 27.3 Å². The third kappa shape index (κ3) is 3.77. The molecule has 2 heterocycles. The van der Waals surface area contributed by atoms with Crippen LogP contribution in [0.1, 0.15) is 51.2 Å². The van der Waals surface area contributed by atoms with E-state index >= 15 is 0 Å². The molecule has 0 fully saturated rings. The van der Waals surface area contributed by atoms with Crippen molar-refractivity contribution < 1.29 is 14.7 Å². The number of rotatable bonds is 6. The van der Waals surface area contributed by atoms with Crippen LogP contribution >= 0.6 is 11.3 Å². The molecule has 0 saturated heterocycles. The summed E-state index contributed by atoms with van der Waals surface area (Å²) in [6.07, 6.45) is 1.66. The number of hydrogen-bond donors (Lipinski definition) is 2. The van der Waals surface area contributed by atoms with Crippen LogP contribution in [0.15, 0.2) is 64.3 Å². The van der Waals surface area contributed by atoms with E-state index in [1.54, 1.807) is 24.4 Å². The van der Waals surface area contributed by atoms with Crippen molar-refractivity contribution in [2.75, 3.05) is 0 Å². The molecule has 4 rings (SSSR count). The molecule has 0 aliphatic rings. The maximum Gasteiger partial charge on any atom is 0.335 e. The van der Waals surface area contributed by atoms with Gasteiger partial charge in [0.1, 0.15) is 0 Å². The number of nitrogens with zero attached hydrogens (tertiary/aromatic N) is 3. The Morgan fingerprint density at radius 2 is 1.93 bits per heavy atom. The average molecular weight is 418 g/mol. The number of hydrogen-bond acceptors (Lipinski definition) is 6. The van der Waals surface area contributed by atoms with Crippen LogP contribution < -0.4 is 0 Å². The number of aromatic nitrogens is 2. The number of carboxylic acids is 1. The summed E-state index contributed by atoms with van der Waals surface area (Å²) in [6, 6.07) is 11.6. The fourth-order valence-electron chi connectivity index (χ4n) is 3.01. The van der Waals surface area contributed by atoms with Gasteiger partial charge in [0.15, 0.2) is 5.01 Å². The van der Waals surface area contributed by atoms with E-state index in [1.165, 1.54) is 23.5 Å². The number of ketones is 1. The number of carbonyl (C=O) groups is 2. The highest BCUT2D eigenvalue weighted by atomic mass is 32.1. The van der Waals surface area contributed by atoms with Crippen LogP contribution in [0.4, 0.5) is 11.4 Å². The van der Waals surface area contributed by atoms with Crippen LogP contribution in [0.2, 0.25) is 0 Å². The zero-order valence-corrected chi connectivity index (χ0v) is 17.1. The van der Waals surface area contributed by atoms with E-state index in [-0.39, 0.29) is 17.3 Å². The van der Waals surface area contributed by atoms with Gasteiger partial charge in [-0.2, -0.15) is 5.11 Å². The van der Waals surface area contributed by atoms with Gasteiger partial charge in [0, 0.05) is 22.5 Å². The molecular formula is C22H18N4O3S. The van der Waals surface area contributed by atoms with Crippen LogP contribution in [0, 0.1) is 0 Å². The summed E-state index contributed by atoms with van der Waals surface area (Å²) in [5, 5.41) is 20.6. The molecule has 0 aliphatic heterocycles. The molecule has 0 amide bonds. The predicted molar refractivity (Wildman–Crippen MR) is 116 cm³/mol. The SMILES string of the molecule is CC(C)c1csc(C(=O)c2c[nH]c3cccc(/N=N/c4cccc(C(=O)O)c4)c23)n1. The molecule has 0 radical (unpaired) electrons. The van der Waals surface area contributed by atoms with Crippen molar-refractivity contribution in [3.8, 4) is 0 Å². The van der Waals surface area contributed by atoms with Crippen LogP contribution in [0.3, 0.4) is 0 Å². The molecule has 4 aromatic rings. The topological polar surface area (TPSA) is 108 Å². The van der Waals surface area contributed by atoms with E-state index in [2.05, 4.69) is 20.2 Å². The first-order chi connectivity index (χ1) is 14.4. The third-order valence-electron chi connectivity index (χ3n) is 4.60. The lowest BCUT2D eigenvalue weighted by Gasteiger charge is -2.01. The van der Waals surface area contributed by atoms with E-state index in [9.17, 15) is 9.59 Å². The minimum Gasteiger partial charge on any atom is -0.478 e. The lowest BCUT2D eigenvalue weighted by molar-refractivity contribution is 0.0696. The summed E-state index contributed by atoms with van der Waals surface area (Å²) >= 11 is 1.33. The van der Waals surface area contributed by atoms with Gasteiger partial charge < -0.3 is 10.1 Å². The second kappa shape index (κ2) is 8.00. The molecule has 2 aromatic heterocycles. The minimum absolute atomic E-state index is 0.131. The Morgan fingerprint density at radius 1 is 1.13 bits per heavy atom. The van der Waals surface area contributed by atoms with E-state index in [4.69, 9.17) is 5.11 Å². The summed E-state index contributed by atoms with van der Waals surface area (Å²) in [5.74, 6) is -0.956. The normalized spacial score (nSPS) is 11.6. The third-order valence-corrected chi connectivity index (χ3v) is 5.46. The number of carbonyl (C=O) groups excluding carboxylic acids is 1. The van der Waals surface area contributed by atoms with Crippen molar-refractivity contribution in [2.45, 2.75) is 19.8 Å². The van der Waals surface area contributed by atoms with Crippen molar-refractivity contribution in [3.05, 3.63) is 75.9 Å². The number of fused-ring (bicyclic) bond motifs is 1. The number of aromatic amines is 1. The van der Waals surface area contributed by atoms with Crippen LogP contribution in [-0.4, -0.2) is 26.8 Å². The standard InChI is InChI=1S/C22H18N4O3S/c1-12(2)18-11-30-21(24-18)20(27)15-10-23-16-7-4-8-17(19(15)16)26-25-14-6-3-5-13(9-14)22(28)29/h3-12,23H,1-2H3,(H,28,29)/b26-25+. The van der Waals surface area contributed by atoms with Crippen LogP contribution in [0.25, 0.3) is 10.9 Å². The highest BCUT2D eigenvalue weighted by Crippen LogP contribution is 2.32. The second-order valence-corrected chi connectivity index (χ2v) is 7.88. The highest BCUT2D eigenvalue weighted by molar-refractivity contribution is 7.12. The van der Waals surface area contributed by atoms with Crippen molar-refractivity contribution in [3.63, 3.8) is 0 Å². The molecule has 0 bridgehead atoms. The molecule has 0 atom stereocenters. The lowest BCUT2D eigenvalue weighted by atomic mass is 10.1. The van der Waals surface area contributed by atoms with Crippen molar-refractivity contribution in [2.24, 2.45) is 10.2 Å². The number of benzene rings is 2. The summed E-state index contributed by atoms with van der Waals surface area (Å²) in [4.78, 5) is 31.8. The van der Waals surface area contributed by atoms with Gasteiger partial charge in [0.2, 0.25) is 5.78 Å². The first kappa shape index (κ1) is 19.7. The molecule has 0 saturated carbocycles. The summed E-state index contributed by atoms with van der Waals surface area (Å²) in [5.41, 5.74) is 3.18.